The summed E-state index contributed by atoms with van der Waals surface area (Å²) in [5.74, 6) is -0.476. The third-order valence-electron chi connectivity index (χ3n) is 7.83. The standard InChI is InChI=1S/C29H34F2N4O5/c1-18-2-6-20(7-3-18)33-27(37)24-25(36)23-22(19-4-8-21(9-5-19)40-29(30)31)10-11-32-26(23)35(28(24)38)13-12-34-14-16-39-17-15-34/h4-5,8-11,18,20,29,36H,2-3,6-7,12-17H2,1H3,(H,33,37). The zero-order valence-corrected chi connectivity index (χ0v) is 22.4. The van der Waals surface area contributed by atoms with Crippen LogP contribution in [0, 0.1) is 5.92 Å². The Hall–Kier alpha value is -3.57. The molecule has 0 spiro atoms. The second-order valence-corrected chi connectivity index (χ2v) is 10.5. The summed E-state index contributed by atoms with van der Waals surface area (Å²) >= 11 is 0. The minimum Gasteiger partial charge on any atom is -0.506 e. The topological polar surface area (TPSA) is 106 Å². The zero-order chi connectivity index (χ0) is 28.2. The Morgan fingerprint density at radius 2 is 1.82 bits per heavy atom. The van der Waals surface area contributed by atoms with Crippen molar-refractivity contribution in [1.82, 2.24) is 19.8 Å². The number of rotatable bonds is 8. The lowest BCUT2D eigenvalue weighted by molar-refractivity contribution is -0.0498. The first-order chi connectivity index (χ1) is 19.3. The fraction of sp³-hybridized carbons (Fsp3) is 0.483. The highest BCUT2D eigenvalue weighted by molar-refractivity contribution is 6.06. The second-order valence-electron chi connectivity index (χ2n) is 10.5. The molecule has 3 aromatic rings. The van der Waals surface area contributed by atoms with Crippen LogP contribution >= 0.6 is 0 Å². The van der Waals surface area contributed by atoms with E-state index in [1.807, 2.05) is 0 Å². The van der Waals surface area contributed by atoms with Gasteiger partial charge in [-0.15, -0.1) is 0 Å². The highest BCUT2D eigenvalue weighted by atomic mass is 19.3. The lowest BCUT2D eigenvalue weighted by Gasteiger charge is -2.28. The van der Waals surface area contributed by atoms with Gasteiger partial charge in [0.1, 0.15) is 22.7 Å². The molecule has 0 bridgehead atoms. The minimum absolute atomic E-state index is 0.00868. The molecule has 5 rings (SSSR count). The number of nitrogens with one attached hydrogen (secondary N) is 1. The molecule has 2 aromatic heterocycles. The van der Waals surface area contributed by atoms with Crippen LogP contribution in [0.25, 0.3) is 22.2 Å². The van der Waals surface area contributed by atoms with Gasteiger partial charge < -0.3 is 19.9 Å². The summed E-state index contributed by atoms with van der Waals surface area (Å²) in [6.45, 7) is 2.68. The predicted octanol–water partition coefficient (Wildman–Crippen LogP) is 4.01. The van der Waals surface area contributed by atoms with Crippen molar-refractivity contribution in [3.8, 4) is 22.6 Å². The molecule has 1 saturated heterocycles. The van der Waals surface area contributed by atoms with Gasteiger partial charge in [0.15, 0.2) is 0 Å². The first-order valence-corrected chi connectivity index (χ1v) is 13.7. The van der Waals surface area contributed by atoms with Gasteiger partial charge in [-0.3, -0.25) is 19.1 Å². The van der Waals surface area contributed by atoms with Crippen LogP contribution in [0.1, 0.15) is 43.0 Å². The van der Waals surface area contributed by atoms with Crippen molar-refractivity contribution in [2.24, 2.45) is 5.92 Å². The van der Waals surface area contributed by atoms with Gasteiger partial charge in [0.2, 0.25) is 0 Å². The lowest BCUT2D eigenvalue weighted by Crippen LogP contribution is -2.42. The number of fused-ring (bicyclic) bond motifs is 1. The number of nitrogens with zero attached hydrogens (tertiary/aromatic N) is 3. The summed E-state index contributed by atoms with van der Waals surface area (Å²) in [4.78, 5) is 33.9. The lowest BCUT2D eigenvalue weighted by atomic mass is 9.87. The molecule has 0 unspecified atom stereocenters. The van der Waals surface area contributed by atoms with Crippen LogP contribution < -0.4 is 15.6 Å². The largest absolute Gasteiger partial charge is 0.506 e. The van der Waals surface area contributed by atoms with Gasteiger partial charge in [-0.1, -0.05) is 19.1 Å². The normalized spacial score (nSPS) is 20.1. The van der Waals surface area contributed by atoms with E-state index in [0.29, 0.717) is 36.8 Å². The van der Waals surface area contributed by atoms with E-state index in [1.54, 1.807) is 18.2 Å². The molecule has 11 heteroatoms. The Bertz CT molecular complexity index is 1400. The maximum absolute atomic E-state index is 13.8. The van der Waals surface area contributed by atoms with Gasteiger partial charge in [0.05, 0.1) is 18.6 Å². The number of benzene rings is 1. The second kappa shape index (κ2) is 12.3. The van der Waals surface area contributed by atoms with Crippen molar-refractivity contribution in [3.05, 3.63) is 52.4 Å². The van der Waals surface area contributed by atoms with Crippen LogP contribution in [0.2, 0.25) is 0 Å². The number of aromatic hydroxyl groups is 1. The summed E-state index contributed by atoms with van der Waals surface area (Å²) in [6, 6.07) is 7.55. The number of pyridine rings is 2. The molecule has 0 atom stereocenters. The molecule has 2 N–H and O–H groups in total. The maximum atomic E-state index is 13.8. The number of alkyl halides is 2. The molecule has 1 amide bonds. The molecular weight excluding hydrogens is 522 g/mol. The van der Waals surface area contributed by atoms with Crippen molar-refractivity contribution < 1.29 is 28.2 Å². The Morgan fingerprint density at radius 3 is 2.50 bits per heavy atom. The van der Waals surface area contributed by atoms with Crippen molar-refractivity contribution >= 4 is 16.9 Å². The molecule has 1 aliphatic carbocycles. The number of halogens is 2. The quantitative estimate of drug-likeness (QED) is 0.432. The van der Waals surface area contributed by atoms with Crippen LogP contribution in [0.15, 0.2) is 41.3 Å². The molecule has 214 valence electrons. The third kappa shape index (κ3) is 6.10. The Balaban J connectivity index is 1.58. The molecule has 3 heterocycles. The van der Waals surface area contributed by atoms with Crippen LogP contribution in [-0.4, -0.2) is 71.0 Å². The summed E-state index contributed by atoms with van der Waals surface area (Å²) < 4.78 is 36.6. The number of morpholine rings is 1. The number of ether oxygens (including phenoxy) is 2. The first-order valence-electron chi connectivity index (χ1n) is 13.7. The zero-order valence-electron chi connectivity index (χ0n) is 22.4. The molecule has 2 aliphatic rings. The highest BCUT2D eigenvalue weighted by Gasteiger charge is 2.28. The van der Waals surface area contributed by atoms with E-state index in [-0.39, 0.29) is 34.9 Å². The van der Waals surface area contributed by atoms with Crippen LogP contribution in [0.5, 0.6) is 11.5 Å². The molecule has 0 radical (unpaired) electrons. The van der Waals surface area contributed by atoms with Crippen LogP contribution in [-0.2, 0) is 11.3 Å². The summed E-state index contributed by atoms with van der Waals surface area (Å²) in [5, 5.41) is 14.7. The fourth-order valence-corrected chi connectivity index (χ4v) is 5.54. The molecule has 9 nitrogen and oxygen atoms in total. The number of amides is 1. The van der Waals surface area contributed by atoms with E-state index in [4.69, 9.17) is 4.74 Å². The van der Waals surface area contributed by atoms with Crippen molar-refractivity contribution in [2.45, 2.75) is 51.8 Å². The molecule has 1 aliphatic heterocycles. The number of carbonyl (C=O) groups is 1. The van der Waals surface area contributed by atoms with E-state index < -0.39 is 23.8 Å². The smallest absolute Gasteiger partial charge is 0.387 e. The van der Waals surface area contributed by atoms with Gasteiger partial charge in [-0.2, -0.15) is 8.78 Å². The van der Waals surface area contributed by atoms with Gasteiger partial charge in [0.25, 0.3) is 11.5 Å². The van der Waals surface area contributed by atoms with E-state index >= 15 is 0 Å². The third-order valence-corrected chi connectivity index (χ3v) is 7.83. The summed E-state index contributed by atoms with van der Waals surface area (Å²) in [5.41, 5.74) is 0.400. The first kappa shape index (κ1) is 28.0. The van der Waals surface area contributed by atoms with E-state index in [9.17, 15) is 23.5 Å². The SMILES string of the molecule is CC1CCC(NC(=O)c2c(O)c3c(-c4ccc(OC(F)F)cc4)ccnc3n(CCN3CCOCC3)c2=O)CC1. The number of carbonyl (C=O) groups excluding carboxylic acids is 1. The van der Waals surface area contributed by atoms with Gasteiger partial charge >= 0.3 is 6.61 Å². The van der Waals surface area contributed by atoms with Crippen LogP contribution in [0.3, 0.4) is 0 Å². The predicted molar refractivity (Wildman–Crippen MR) is 146 cm³/mol. The summed E-state index contributed by atoms with van der Waals surface area (Å²) in [7, 11) is 0. The van der Waals surface area contributed by atoms with Gasteiger partial charge in [0, 0.05) is 38.4 Å². The van der Waals surface area contributed by atoms with Gasteiger partial charge in [-0.05, 0) is 60.9 Å². The van der Waals surface area contributed by atoms with Crippen molar-refractivity contribution in [1.29, 1.82) is 0 Å². The van der Waals surface area contributed by atoms with Crippen LogP contribution in [0.4, 0.5) is 8.78 Å². The van der Waals surface area contributed by atoms with Crippen molar-refractivity contribution in [2.75, 3.05) is 32.8 Å². The van der Waals surface area contributed by atoms with E-state index in [2.05, 4.69) is 26.9 Å². The Morgan fingerprint density at radius 1 is 1.12 bits per heavy atom. The molecule has 2 fully saturated rings. The highest BCUT2D eigenvalue weighted by Crippen LogP contribution is 2.36. The minimum atomic E-state index is -2.95. The molecule has 40 heavy (non-hydrogen) atoms. The van der Waals surface area contributed by atoms with Crippen molar-refractivity contribution in [3.63, 3.8) is 0 Å². The Kier molecular flexibility index (Phi) is 8.60. The summed E-state index contributed by atoms with van der Waals surface area (Å²) in [6.07, 6.45) is 5.11. The Labute approximate surface area is 230 Å². The average molecular weight is 557 g/mol. The van der Waals surface area contributed by atoms with E-state index in [1.165, 1.54) is 22.9 Å². The van der Waals surface area contributed by atoms with E-state index in [0.717, 1.165) is 38.8 Å². The fourth-order valence-electron chi connectivity index (χ4n) is 5.54. The molecule has 1 aromatic carbocycles. The number of hydrogen-bond donors (Lipinski definition) is 2. The molecular formula is C29H34F2N4O5. The van der Waals surface area contributed by atoms with Gasteiger partial charge in [-0.25, -0.2) is 4.98 Å². The molecule has 1 saturated carbocycles. The monoisotopic (exact) mass is 556 g/mol. The number of hydrogen-bond acceptors (Lipinski definition) is 7. The average Bonchev–Trinajstić information content (AvgIpc) is 2.94. The maximum Gasteiger partial charge on any atom is 0.387 e. The number of aromatic nitrogens is 2.